The van der Waals surface area contributed by atoms with Gasteiger partial charge in [-0.15, -0.1) is 0 Å². The minimum absolute atomic E-state index is 0.0729. The molecule has 0 heterocycles. The Labute approximate surface area is 116 Å². The summed E-state index contributed by atoms with van der Waals surface area (Å²) in [5.41, 5.74) is 0.526. The molecule has 0 aliphatic carbocycles. The van der Waals surface area contributed by atoms with Crippen LogP contribution in [0.1, 0.15) is 25.5 Å². The van der Waals surface area contributed by atoms with Gasteiger partial charge in [-0.25, -0.2) is 12.8 Å². The summed E-state index contributed by atoms with van der Waals surface area (Å²) in [6.45, 7) is 3.75. The number of hydrogen-bond acceptors (Lipinski definition) is 3. The maximum absolute atomic E-state index is 13.6. The zero-order valence-corrected chi connectivity index (χ0v) is 12.8. The number of rotatable bonds is 6. The predicted octanol–water partition coefficient (Wildman–Crippen LogP) is 2.67. The van der Waals surface area contributed by atoms with Gasteiger partial charge in [-0.05, 0) is 25.1 Å². The zero-order valence-electron chi connectivity index (χ0n) is 10.4. The first kappa shape index (κ1) is 15.6. The summed E-state index contributed by atoms with van der Waals surface area (Å²) in [6, 6.07) is 4.49. The number of sulfone groups is 1. The molecule has 1 atom stereocenters. The summed E-state index contributed by atoms with van der Waals surface area (Å²) in [4.78, 5) is 0. The Hall–Kier alpha value is -0.460. The van der Waals surface area contributed by atoms with Crippen LogP contribution in [0.5, 0.6) is 0 Å². The van der Waals surface area contributed by atoms with Crippen molar-refractivity contribution in [1.29, 1.82) is 0 Å². The van der Waals surface area contributed by atoms with Crippen LogP contribution in [0, 0.1) is 5.82 Å². The molecule has 102 valence electrons. The van der Waals surface area contributed by atoms with Crippen molar-refractivity contribution in [3.05, 3.63) is 34.1 Å². The molecule has 0 aliphatic rings. The van der Waals surface area contributed by atoms with Crippen molar-refractivity contribution in [3.8, 4) is 0 Å². The summed E-state index contributed by atoms with van der Waals surface area (Å²) >= 11 is 3.29. The lowest BCUT2D eigenvalue weighted by molar-refractivity contribution is 0.536. The van der Waals surface area contributed by atoms with E-state index >= 15 is 0 Å². The van der Waals surface area contributed by atoms with Crippen molar-refractivity contribution in [2.45, 2.75) is 19.9 Å². The number of nitrogens with one attached hydrogen (secondary N) is 1. The Bertz CT molecular complexity index is 505. The van der Waals surface area contributed by atoms with Crippen LogP contribution in [-0.4, -0.2) is 26.5 Å². The molecule has 0 aromatic heterocycles. The van der Waals surface area contributed by atoms with Crippen LogP contribution in [0.25, 0.3) is 0 Å². The van der Waals surface area contributed by atoms with Crippen LogP contribution in [0.3, 0.4) is 0 Å². The molecule has 0 saturated heterocycles. The second kappa shape index (κ2) is 6.63. The quantitative estimate of drug-likeness (QED) is 0.867. The van der Waals surface area contributed by atoms with Crippen LogP contribution < -0.4 is 5.32 Å². The molecular formula is C12H17BrFNO2S. The lowest BCUT2D eigenvalue weighted by Crippen LogP contribution is -2.26. The maximum atomic E-state index is 13.6. The third-order valence-electron chi connectivity index (χ3n) is 2.73. The van der Waals surface area contributed by atoms with Gasteiger partial charge in [0.25, 0.3) is 0 Å². The van der Waals surface area contributed by atoms with Gasteiger partial charge in [0.2, 0.25) is 0 Å². The Morgan fingerprint density at radius 1 is 1.44 bits per heavy atom. The van der Waals surface area contributed by atoms with Crippen molar-refractivity contribution in [2.24, 2.45) is 0 Å². The predicted molar refractivity (Wildman–Crippen MR) is 74.8 cm³/mol. The fourth-order valence-electron chi connectivity index (χ4n) is 1.53. The fourth-order valence-corrected chi connectivity index (χ4v) is 2.63. The second-order valence-corrected chi connectivity index (χ2v) is 7.47. The molecule has 0 spiro atoms. The highest BCUT2D eigenvalue weighted by Crippen LogP contribution is 2.21. The van der Waals surface area contributed by atoms with E-state index in [1.54, 1.807) is 19.1 Å². The molecule has 0 amide bonds. The highest BCUT2D eigenvalue weighted by Gasteiger charge is 2.12. The number of benzene rings is 1. The molecule has 0 fully saturated rings. The molecule has 18 heavy (non-hydrogen) atoms. The molecule has 0 saturated carbocycles. The molecule has 0 radical (unpaired) electrons. The van der Waals surface area contributed by atoms with E-state index in [1.807, 2.05) is 6.92 Å². The Morgan fingerprint density at radius 2 is 2.11 bits per heavy atom. The van der Waals surface area contributed by atoms with Gasteiger partial charge in [0.1, 0.15) is 5.82 Å². The first-order chi connectivity index (χ1) is 8.35. The Morgan fingerprint density at radius 3 is 2.72 bits per heavy atom. The van der Waals surface area contributed by atoms with E-state index in [0.29, 0.717) is 12.1 Å². The molecule has 0 aliphatic heterocycles. The van der Waals surface area contributed by atoms with E-state index in [2.05, 4.69) is 21.2 Å². The minimum Gasteiger partial charge on any atom is -0.309 e. The second-order valence-electron chi connectivity index (χ2n) is 4.08. The van der Waals surface area contributed by atoms with Gasteiger partial charge in [-0.1, -0.05) is 22.9 Å². The minimum atomic E-state index is -2.98. The molecule has 0 unspecified atom stereocenters. The third-order valence-corrected chi connectivity index (χ3v) is 4.93. The molecule has 1 aromatic carbocycles. The van der Waals surface area contributed by atoms with E-state index in [4.69, 9.17) is 0 Å². The lowest BCUT2D eigenvalue weighted by atomic mass is 10.1. The first-order valence-electron chi connectivity index (χ1n) is 5.74. The van der Waals surface area contributed by atoms with Crippen LogP contribution in [0.2, 0.25) is 0 Å². The topological polar surface area (TPSA) is 46.2 Å². The monoisotopic (exact) mass is 337 g/mol. The fraction of sp³-hybridized carbons (Fsp3) is 0.500. The summed E-state index contributed by atoms with van der Waals surface area (Å²) in [6.07, 6.45) is 0. The summed E-state index contributed by atoms with van der Waals surface area (Å²) < 4.78 is 37.0. The van der Waals surface area contributed by atoms with Gasteiger partial charge < -0.3 is 5.32 Å². The van der Waals surface area contributed by atoms with E-state index in [9.17, 15) is 12.8 Å². The van der Waals surface area contributed by atoms with Crippen LogP contribution in [0.4, 0.5) is 4.39 Å². The smallest absolute Gasteiger partial charge is 0.151 e. The molecule has 1 N–H and O–H groups in total. The highest BCUT2D eigenvalue weighted by molar-refractivity contribution is 9.10. The maximum Gasteiger partial charge on any atom is 0.151 e. The van der Waals surface area contributed by atoms with Gasteiger partial charge in [-0.3, -0.25) is 0 Å². The van der Waals surface area contributed by atoms with Crippen LogP contribution in [0.15, 0.2) is 22.7 Å². The van der Waals surface area contributed by atoms with Gasteiger partial charge in [-0.2, -0.15) is 0 Å². The first-order valence-corrected chi connectivity index (χ1v) is 8.36. The van der Waals surface area contributed by atoms with Crippen molar-refractivity contribution < 1.29 is 12.8 Å². The van der Waals surface area contributed by atoms with Gasteiger partial charge in [0, 0.05) is 28.4 Å². The summed E-state index contributed by atoms with van der Waals surface area (Å²) in [5, 5.41) is 3.02. The Balaban J connectivity index is 2.61. The van der Waals surface area contributed by atoms with Crippen LogP contribution in [-0.2, 0) is 9.84 Å². The molecule has 6 heteroatoms. The molecule has 3 nitrogen and oxygen atoms in total. The SMILES string of the molecule is CCS(=O)(=O)CCN[C@H](C)c1cc(Br)ccc1F. The Kier molecular flexibility index (Phi) is 5.75. The van der Waals surface area contributed by atoms with E-state index in [1.165, 1.54) is 6.07 Å². The van der Waals surface area contributed by atoms with E-state index < -0.39 is 9.84 Å². The normalized spacial score (nSPS) is 13.6. The van der Waals surface area contributed by atoms with Gasteiger partial charge in [0.15, 0.2) is 9.84 Å². The standard InChI is InChI=1S/C12H17BrFNO2S/c1-3-18(16,17)7-6-15-9(2)11-8-10(13)4-5-12(11)14/h4-5,8-9,15H,3,6-7H2,1-2H3/t9-/m1/s1. The molecule has 1 aromatic rings. The largest absolute Gasteiger partial charge is 0.309 e. The van der Waals surface area contributed by atoms with Crippen molar-refractivity contribution in [3.63, 3.8) is 0 Å². The van der Waals surface area contributed by atoms with Crippen molar-refractivity contribution in [1.82, 2.24) is 5.32 Å². The van der Waals surface area contributed by atoms with Gasteiger partial charge >= 0.3 is 0 Å². The average molecular weight is 338 g/mol. The van der Waals surface area contributed by atoms with Crippen molar-refractivity contribution >= 4 is 25.8 Å². The van der Waals surface area contributed by atoms with Gasteiger partial charge in [0.05, 0.1) is 5.75 Å². The lowest BCUT2D eigenvalue weighted by Gasteiger charge is -2.15. The van der Waals surface area contributed by atoms with Crippen LogP contribution >= 0.6 is 15.9 Å². The number of halogens is 2. The van der Waals surface area contributed by atoms with E-state index in [0.717, 1.165) is 4.47 Å². The summed E-state index contributed by atoms with van der Waals surface area (Å²) in [5.74, 6) is -0.0887. The van der Waals surface area contributed by atoms with E-state index in [-0.39, 0.29) is 23.4 Å². The molecule has 1 rings (SSSR count). The molecular weight excluding hydrogens is 321 g/mol. The molecule has 0 bridgehead atoms. The van der Waals surface area contributed by atoms with Crippen molar-refractivity contribution in [2.75, 3.05) is 18.1 Å². The average Bonchev–Trinajstić information content (AvgIpc) is 2.32. The zero-order chi connectivity index (χ0) is 13.8. The highest BCUT2D eigenvalue weighted by atomic mass is 79.9. The number of hydrogen-bond donors (Lipinski definition) is 1. The summed E-state index contributed by atoms with van der Waals surface area (Å²) in [7, 11) is -2.98. The third kappa shape index (κ3) is 4.66.